The Morgan fingerprint density at radius 3 is 2.81 bits per heavy atom. The number of carbonyl (C=O) groups excluding carboxylic acids is 1. The fraction of sp³-hybridized carbons (Fsp3) is 0.125. The summed E-state index contributed by atoms with van der Waals surface area (Å²) in [6, 6.07) is 19.7. The van der Waals surface area contributed by atoms with Crippen molar-refractivity contribution in [1.82, 2.24) is 24.9 Å². The lowest BCUT2D eigenvalue weighted by Crippen LogP contribution is -2.29. The van der Waals surface area contributed by atoms with Gasteiger partial charge in [-0.15, -0.1) is 10.2 Å². The third-order valence-electron chi connectivity index (χ3n) is 5.53. The molecule has 0 saturated heterocycles. The van der Waals surface area contributed by atoms with Crippen LogP contribution in [0.1, 0.15) is 27.4 Å². The molecule has 3 heterocycles. The van der Waals surface area contributed by atoms with Crippen LogP contribution in [0.5, 0.6) is 5.75 Å². The van der Waals surface area contributed by atoms with Gasteiger partial charge in [0.05, 0.1) is 12.7 Å². The number of aromatic amines is 1. The standard InChI is InChI=1S/C24H21N5O2/c1-31-18-9-6-16(7-10-18)20(21-13-25-22-5-3-2-4-19(21)22)12-26-24(30)17-8-11-23-28-27-15-29(23)14-17/h2-11,13-15,20,25H,12H2,1H3,(H,26,30). The number of rotatable bonds is 6. The molecule has 1 unspecified atom stereocenters. The Morgan fingerprint density at radius 2 is 1.97 bits per heavy atom. The van der Waals surface area contributed by atoms with Gasteiger partial charge in [-0.2, -0.15) is 0 Å². The van der Waals surface area contributed by atoms with Gasteiger partial charge in [-0.3, -0.25) is 9.20 Å². The summed E-state index contributed by atoms with van der Waals surface area (Å²) in [5.41, 5.74) is 4.56. The molecular formula is C24H21N5O2. The average Bonchev–Trinajstić information content (AvgIpc) is 3.46. The van der Waals surface area contributed by atoms with Crippen molar-refractivity contribution < 1.29 is 9.53 Å². The van der Waals surface area contributed by atoms with Crippen molar-refractivity contribution in [3.8, 4) is 5.75 Å². The maximum absolute atomic E-state index is 12.9. The molecule has 0 bridgehead atoms. The van der Waals surface area contributed by atoms with Crippen molar-refractivity contribution in [2.24, 2.45) is 0 Å². The van der Waals surface area contributed by atoms with Crippen molar-refractivity contribution >= 4 is 22.5 Å². The lowest BCUT2D eigenvalue weighted by molar-refractivity contribution is 0.0952. The zero-order valence-electron chi connectivity index (χ0n) is 16.9. The van der Waals surface area contributed by atoms with E-state index in [2.05, 4.69) is 32.6 Å². The number of methoxy groups -OCH3 is 1. The topological polar surface area (TPSA) is 84.3 Å². The molecular weight excluding hydrogens is 390 g/mol. The van der Waals surface area contributed by atoms with Gasteiger partial charge in [0.15, 0.2) is 5.65 Å². The minimum atomic E-state index is -0.144. The first-order valence-electron chi connectivity index (χ1n) is 10.0. The fourth-order valence-electron chi connectivity index (χ4n) is 3.88. The zero-order chi connectivity index (χ0) is 21.2. The highest BCUT2D eigenvalue weighted by molar-refractivity contribution is 5.94. The molecule has 0 spiro atoms. The molecule has 1 atom stereocenters. The highest BCUT2D eigenvalue weighted by Crippen LogP contribution is 2.31. The molecule has 0 radical (unpaired) electrons. The van der Waals surface area contributed by atoms with E-state index in [4.69, 9.17) is 4.74 Å². The molecule has 5 rings (SSSR count). The van der Waals surface area contributed by atoms with E-state index in [0.717, 1.165) is 27.8 Å². The van der Waals surface area contributed by atoms with Crippen LogP contribution in [0.2, 0.25) is 0 Å². The van der Waals surface area contributed by atoms with Crippen LogP contribution in [-0.2, 0) is 0 Å². The number of amides is 1. The van der Waals surface area contributed by atoms with Gasteiger partial charge < -0.3 is 15.0 Å². The molecule has 31 heavy (non-hydrogen) atoms. The fourth-order valence-corrected chi connectivity index (χ4v) is 3.88. The summed E-state index contributed by atoms with van der Waals surface area (Å²) in [6.45, 7) is 0.452. The first-order chi connectivity index (χ1) is 15.2. The maximum atomic E-state index is 12.9. The first kappa shape index (κ1) is 18.9. The second-order valence-corrected chi connectivity index (χ2v) is 7.34. The van der Waals surface area contributed by atoms with Crippen LogP contribution in [-0.4, -0.2) is 39.1 Å². The molecule has 0 aliphatic heterocycles. The number of H-pyrrole nitrogens is 1. The quantitative estimate of drug-likeness (QED) is 0.445. The number of para-hydroxylation sites is 1. The Hall–Kier alpha value is -4.13. The van der Waals surface area contributed by atoms with Crippen molar-refractivity contribution in [3.05, 3.63) is 96.1 Å². The number of hydrogen-bond donors (Lipinski definition) is 2. The maximum Gasteiger partial charge on any atom is 0.252 e. The first-order valence-corrected chi connectivity index (χ1v) is 10.0. The molecule has 7 heteroatoms. The summed E-state index contributed by atoms with van der Waals surface area (Å²) in [5, 5.41) is 12.1. The molecule has 0 aliphatic carbocycles. The number of carbonyl (C=O) groups is 1. The Morgan fingerprint density at radius 1 is 1.13 bits per heavy atom. The molecule has 154 valence electrons. The van der Waals surface area contributed by atoms with E-state index >= 15 is 0 Å². The van der Waals surface area contributed by atoms with Gasteiger partial charge in [0.2, 0.25) is 0 Å². The van der Waals surface area contributed by atoms with E-state index < -0.39 is 0 Å². The molecule has 3 aromatic heterocycles. The summed E-state index contributed by atoms with van der Waals surface area (Å²) in [5.74, 6) is 0.631. The van der Waals surface area contributed by atoms with E-state index in [1.807, 2.05) is 42.6 Å². The second-order valence-electron chi connectivity index (χ2n) is 7.34. The van der Waals surface area contributed by atoms with Crippen LogP contribution in [0, 0.1) is 0 Å². The second kappa shape index (κ2) is 7.95. The number of fused-ring (bicyclic) bond motifs is 2. The van der Waals surface area contributed by atoms with Crippen molar-refractivity contribution in [2.45, 2.75) is 5.92 Å². The normalized spacial score (nSPS) is 12.2. The van der Waals surface area contributed by atoms with Crippen LogP contribution in [0.15, 0.2) is 79.4 Å². The van der Waals surface area contributed by atoms with E-state index in [0.29, 0.717) is 17.8 Å². The Bertz CT molecular complexity index is 1350. The van der Waals surface area contributed by atoms with Crippen LogP contribution in [0.4, 0.5) is 0 Å². The summed E-state index contributed by atoms with van der Waals surface area (Å²) in [4.78, 5) is 16.2. The van der Waals surface area contributed by atoms with Gasteiger partial charge in [-0.05, 0) is 41.5 Å². The average molecular weight is 411 g/mol. The number of benzene rings is 2. The number of nitrogens with zero attached hydrogens (tertiary/aromatic N) is 3. The van der Waals surface area contributed by atoms with E-state index in [1.165, 1.54) is 0 Å². The molecule has 7 nitrogen and oxygen atoms in total. The molecule has 2 aromatic carbocycles. The van der Waals surface area contributed by atoms with Crippen LogP contribution >= 0.6 is 0 Å². The lowest BCUT2D eigenvalue weighted by Gasteiger charge is -2.19. The summed E-state index contributed by atoms with van der Waals surface area (Å²) in [6.07, 6.45) is 5.34. The van der Waals surface area contributed by atoms with Crippen LogP contribution in [0.3, 0.4) is 0 Å². The predicted molar refractivity (Wildman–Crippen MR) is 118 cm³/mol. The molecule has 0 saturated carbocycles. The predicted octanol–water partition coefficient (Wildman–Crippen LogP) is 3.78. The minimum Gasteiger partial charge on any atom is -0.497 e. The van der Waals surface area contributed by atoms with Crippen molar-refractivity contribution in [3.63, 3.8) is 0 Å². The monoisotopic (exact) mass is 411 g/mol. The Balaban J connectivity index is 1.45. The van der Waals surface area contributed by atoms with Crippen LogP contribution in [0.25, 0.3) is 16.6 Å². The largest absolute Gasteiger partial charge is 0.497 e. The number of nitrogens with one attached hydrogen (secondary N) is 2. The highest BCUT2D eigenvalue weighted by atomic mass is 16.5. The molecule has 0 aliphatic rings. The Kier molecular flexibility index (Phi) is 4.84. The third-order valence-corrected chi connectivity index (χ3v) is 5.53. The summed E-state index contributed by atoms with van der Waals surface area (Å²) in [7, 11) is 1.65. The van der Waals surface area contributed by atoms with E-state index in [-0.39, 0.29) is 11.8 Å². The highest BCUT2D eigenvalue weighted by Gasteiger charge is 2.20. The number of pyridine rings is 1. The summed E-state index contributed by atoms with van der Waals surface area (Å²) < 4.78 is 7.04. The van der Waals surface area contributed by atoms with Gasteiger partial charge in [0.25, 0.3) is 5.91 Å². The number of aromatic nitrogens is 4. The van der Waals surface area contributed by atoms with Gasteiger partial charge in [-0.1, -0.05) is 30.3 Å². The smallest absolute Gasteiger partial charge is 0.252 e. The zero-order valence-corrected chi connectivity index (χ0v) is 16.9. The lowest BCUT2D eigenvalue weighted by atomic mass is 9.90. The van der Waals surface area contributed by atoms with Gasteiger partial charge >= 0.3 is 0 Å². The molecule has 2 N–H and O–H groups in total. The van der Waals surface area contributed by atoms with Gasteiger partial charge in [0, 0.05) is 35.8 Å². The SMILES string of the molecule is COc1ccc(C(CNC(=O)c2ccc3nncn3c2)c2c[nH]c3ccccc23)cc1. The minimum absolute atomic E-state index is 0.0235. The van der Waals surface area contributed by atoms with Crippen LogP contribution < -0.4 is 10.1 Å². The van der Waals surface area contributed by atoms with Gasteiger partial charge in [-0.25, -0.2) is 0 Å². The molecule has 0 fully saturated rings. The molecule has 5 aromatic rings. The van der Waals surface area contributed by atoms with E-state index in [1.54, 1.807) is 36.2 Å². The Labute approximate surface area is 178 Å². The van der Waals surface area contributed by atoms with Crippen molar-refractivity contribution in [1.29, 1.82) is 0 Å². The van der Waals surface area contributed by atoms with Crippen molar-refractivity contribution in [2.75, 3.05) is 13.7 Å². The van der Waals surface area contributed by atoms with E-state index in [9.17, 15) is 4.79 Å². The number of hydrogen-bond acceptors (Lipinski definition) is 4. The molecule has 1 amide bonds. The summed E-state index contributed by atoms with van der Waals surface area (Å²) >= 11 is 0. The number of ether oxygens (including phenoxy) is 1. The third kappa shape index (κ3) is 3.61. The van der Waals surface area contributed by atoms with Gasteiger partial charge in [0.1, 0.15) is 12.1 Å².